The van der Waals surface area contributed by atoms with E-state index < -0.39 is 0 Å². The van der Waals surface area contributed by atoms with Gasteiger partial charge in [0.15, 0.2) is 0 Å². The van der Waals surface area contributed by atoms with Crippen LogP contribution in [0.15, 0.2) is 30.5 Å². The number of benzene rings is 1. The molecule has 1 amide bonds. The quantitative estimate of drug-likeness (QED) is 0.676. The molecule has 1 aromatic heterocycles. The third-order valence-corrected chi connectivity index (χ3v) is 6.15. The zero-order chi connectivity index (χ0) is 23.8. The highest BCUT2D eigenvalue weighted by Gasteiger charge is 2.28. The summed E-state index contributed by atoms with van der Waals surface area (Å²) in [6, 6.07) is 7.81. The Morgan fingerprint density at radius 3 is 2.79 bits per heavy atom. The van der Waals surface area contributed by atoms with E-state index in [1.165, 1.54) is 5.56 Å². The minimum atomic E-state index is -0.236. The van der Waals surface area contributed by atoms with Crippen LogP contribution in [0.1, 0.15) is 37.9 Å². The third kappa shape index (κ3) is 7.25. The Bertz CT molecular complexity index is 872. The summed E-state index contributed by atoms with van der Waals surface area (Å²) in [5, 5.41) is 18.1. The topological polar surface area (TPSA) is 93.0 Å². The molecule has 3 atom stereocenters. The molecule has 9 nitrogen and oxygen atoms in total. The van der Waals surface area contributed by atoms with E-state index in [1.807, 2.05) is 25.3 Å². The van der Waals surface area contributed by atoms with Crippen molar-refractivity contribution in [3.8, 4) is 5.75 Å². The lowest BCUT2D eigenvalue weighted by Gasteiger charge is -2.35. The Kier molecular flexibility index (Phi) is 9.22. The van der Waals surface area contributed by atoms with Crippen LogP contribution < -0.4 is 4.74 Å². The van der Waals surface area contributed by atoms with Gasteiger partial charge < -0.3 is 19.5 Å². The number of nitrogens with zero attached hydrogens (tertiary/aromatic N) is 5. The maximum Gasteiger partial charge on any atom is 0.222 e. The first kappa shape index (κ1) is 25.1. The van der Waals surface area contributed by atoms with Crippen LogP contribution in [0.25, 0.3) is 0 Å². The Balaban J connectivity index is 1.74. The molecule has 1 aliphatic rings. The third-order valence-electron chi connectivity index (χ3n) is 6.15. The molecule has 0 saturated heterocycles. The van der Waals surface area contributed by atoms with Crippen LogP contribution >= 0.6 is 0 Å². The van der Waals surface area contributed by atoms with Crippen molar-refractivity contribution in [2.45, 2.75) is 58.5 Å². The summed E-state index contributed by atoms with van der Waals surface area (Å²) in [5.74, 6) is 0.954. The Labute approximate surface area is 196 Å². The van der Waals surface area contributed by atoms with Gasteiger partial charge in [-0.15, -0.1) is 5.10 Å². The Hall–Kier alpha value is -2.49. The molecule has 0 unspecified atom stereocenters. The lowest BCUT2D eigenvalue weighted by atomic mass is 10.0. The number of rotatable bonds is 7. The molecule has 1 N–H and O–H groups in total. The number of aromatic nitrogens is 3. The van der Waals surface area contributed by atoms with Gasteiger partial charge in [-0.05, 0) is 38.1 Å². The molecule has 2 bridgehead atoms. The lowest BCUT2D eigenvalue weighted by molar-refractivity contribution is -0.136. The highest BCUT2D eigenvalue weighted by molar-refractivity contribution is 5.76. The number of ether oxygens (including phenoxy) is 2. The number of hydrogen-bond acceptors (Lipinski definition) is 7. The number of aryl methyl sites for hydroxylation is 1. The maximum atomic E-state index is 13.0. The van der Waals surface area contributed by atoms with Crippen LogP contribution in [0.4, 0.5) is 0 Å². The van der Waals surface area contributed by atoms with E-state index in [-0.39, 0.29) is 30.6 Å². The first-order chi connectivity index (χ1) is 15.9. The summed E-state index contributed by atoms with van der Waals surface area (Å²) < 4.78 is 13.3. The molecule has 3 rings (SSSR count). The second-order valence-electron chi connectivity index (χ2n) is 9.03. The number of aliphatic hydroxyl groups is 1. The number of hydrogen-bond donors (Lipinski definition) is 1. The fourth-order valence-corrected chi connectivity index (χ4v) is 4.11. The molecule has 2 heterocycles. The smallest absolute Gasteiger partial charge is 0.222 e. The van der Waals surface area contributed by atoms with E-state index >= 15 is 0 Å². The van der Waals surface area contributed by atoms with Gasteiger partial charge in [0.25, 0.3) is 0 Å². The van der Waals surface area contributed by atoms with Gasteiger partial charge in [-0.25, -0.2) is 0 Å². The maximum absolute atomic E-state index is 13.0. The molecule has 9 heteroatoms. The van der Waals surface area contributed by atoms with Crippen molar-refractivity contribution in [3.05, 3.63) is 41.7 Å². The van der Waals surface area contributed by atoms with Crippen LogP contribution in [-0.4, -0.2) is 81.8 Å². The largest absolute Gasteiger partial charge is 0.497 e. The van der Waals surface area contributed by atoms with E-state index in [4.69, 9.17) is 9.47 Å². The van der Waals surface area contributed by atoms with E-state index in [0.717, 1.165) is 18.0 Å². The molecular weight excluding hydrogens is 422 g/mol. The molecule has 1 aliphatic heterocycles. The van der Waals surface area contributed by atoms with Crippen molar-refractivity contribution in [3.63, 3.8) is 0 Å². The van der Waals surface area contributed by atoms with Gasteiger partial charge in [0.1, 0.15) is 11.4 Å². The standard InChI is InChI=1S/C24H37N5O4/c1-18-12-29(19(2)16-30)24(31)6-5-11-28-14-21(25-26-28)17-33-23(18)15-27(3)13-20-7-9-22(32-4)10-8-20/h7-10,14,18-19,23,30H,5-6,11-13,15-17H2,1-4H3/t18-,19+,23-/m0/s1. The van der Waals surface area contributed by atoms with E-state index in [2.05, 4.69) is 41.3 Å². The minimum Gasteiger partial charge on any atom is -0.497 e. The lowest BCUT2D eigenvalue weighted by Crippen LogP contribution is -2.47. The fraction of sp³-hybridized carbons (Fsp3) is 0.625. The van der Waals surface area contributed by atoms with Gasteiger partial charge in [-0.1, -0.05) is 24.3 Å². The van der Waals surface area contributed by atoms with Gasteiger partial charge in [-0.2, -0.15) is 0 Å². The normalized spacial score (nSPS) is 21.3. The minimum absolute atomic E-state index is 0.0494. The molecule has 0 saturated carbocycles. The zero-order valence-electron chi connectivity index (χ0n) is 20.2. The highest BCUT2D eigenvalue weighted by Crippen LogP contribution is 2.19. The van der Waals surface area contributed by atoms with Gasteiger partial charge >= 0.3 is 0 Å². The van der Waals surface area contributed by atoms with Crippen LogP contribution in [0.3, 0.4) is 0 Å². The van der Waals surface area contributed by atoms with E-state index in [1.54, 1.807) is 16.7 Å². The van der Waals surface area contributed by atoms with Crippen molar-refractivity contribution in [2.24, 2.45) is 5.92 Å². The molecular formula is C24H37N5O4. The number of methoxy groups -OCH3 is 1. The average Bonchev–Trinajstić information content (AvgIpc) is 3.27. The zero-order valence-corrected chi connectivity index (χ0v) is 20.2. The predicted molar refractivity (Wildman–Crippen MR) is 125 cm³/mol. The Morgan fingerprint density at radius 2 is 2.09 bits per heavy atom. The molecule has 0 aliphatic carbocycles. The van der Waals surface area contributed by atoms with Gasteiger partial charge in [0, 0.05) is 38.5 Å². The molecule has 0 spiro atoms. The van der Waals surface area contributed by atoms with Crippen LogP contribution in [0, 0.1) is 5.92 Å². The number of fused-ring (bicyclic) bond motifs is 2. The second kappa shape index (κ2) is 12.1. The number of likely N-dealkylation sites (N-methyl/N-ethyl adjacent to an activating group) is 1. The summed E-state index contributed by atoms with van der Waals surface area (Å²) >= 11 is 0. The average molecular weight is 460 g/mol. The van der Waals surface area contributed by atoms with Crippen molar-refractivity contribution in [2.75, 3.05) is 33.9 Å². The number of amides is 1. The summed E-state index contributed by atoms with van der Waals surface area (Å²) in [5.41, 5.74) is 1.97. The highest BCUT2D eigenvalue weighted by atomic mass is 16.5. The number of carbonyl (C=O) groups excluding carboxylic acids is 1. The van der Waals surface area contributed by atoms with Crippen LogP contribution in [0.5, 0.6) is 5.75 Å². The Morgan fingerprint density at radius 1 is 1.33 bits per heavy atom. The molecule has 182 valence electrons. The first-order valence-electron chi connectivity index (χ1n) is 11.6. The summed E-state index contributed by atoms with van der Waals surface area (Å²) in [4.78, 5) is 17.0. The molecule has 0 radical (unpaired) electrons. The first-order valence-corrected chi connectivity index (χ1v) is 11.6. The van der Waals surface area contributed by atoms with Crippen molar-refractivity contribution < 1.29 is 19.4 Å². The van der Waals surface area contributed by atoms with Crippen molar-refractivity contribution in [1.82, 2.24) is 24.8 Å². The van der Waals surface area contributed by atoms with Crippen LogP contribution in [0.2, 0.25) is 0 Å². The number of carbonyl (C=O) groups is 1. The van der Waals surface area contributed by atoms with Gasteiger partial charge in [0.05, 0.1) is 38.7 Å². The van der Waals surface area contributed by atoms with Crippen molar-refractivity contribution >= 4 is 5.91 Å². The van der Waals surface area contributed by atoms with Crippen molar-refractivity contribution in [1.29, 1.82) is 0 Å². The van der Waals surface area contributed by atoms with E-state index in [9.17, 15) is 9.90 Å². The molecule has 2 aromatic rings. The summed E-state index contributed by atoms with van der Waals surface area (Å²) in [6.45, 7) is 6.92. The SMILES string of the molecule is COc1ccc(CN(C)C[C@@H]2OCc3cn(nn3)CCCC(=O)N([C@H](C)CO)C[C@@H]2C)cc1. The summed E-state index contributed by atoms with van der Waals surface area (Å²) in [7, 11) is 3.73. The summed E-state index contributed by atoms with van der Waals surface area (Å²) in [6.07, 6.45) is 2.86. The van der Waals surface area contributed by atoms with Gasteiger partial charge in [0.2, 0.25) is 5.91 Å². The molecule has 0 fully saturated rings. The molecule has 1 aromatic carbocycles. The van der Waals surface area contributed by atoms with Crippen LogP contribution in [-0.2, 0) is 29.2 Å². The number of aliphatic hydroxyl groups excluding tert-OH is 1. The fourth-order valence-electron chi connectivity index (χ4n) is 4.11. The monoisotopic (exact) mass is 459 g/mol. The van der Waals surface area contributed by atoms with E-state index in [0.29, 0.717) is 39.1 Å². The second-order valence-corrected chi connectivity index (χ2v) is 9.03. The molecule has 33 heavy (non-hydrogen) atoms. The predicted octanol–water partition coefficient (Wildman–Crippen LogP) is 1.94. The van der Waals surface area contributed by atoms with Gasteiger partial charge in [-0.3, -0.25) is 14.4 Å².